The van der Waals surface area contributed by atoms with Crippen LogP contribution in [0.15, 0.2) is 11.0 Å². The molecule has 5 nitrogen and oxygen atoms in total. The van der Waals surface area contributed by atoms with Gasteiger partial charge in [-0.25, -0.2) is 0 Å². The highest BCUT2D eigenvalue weighted by molar-refractivity contribution is 5.67. The summed E-state index contributed by atoms with van der Waals surface area (Å²) in [6, 6.07) is 0. The molecule has 1 aromatic rings. The van der Waals surface area contributed by atoms with Gasteiger partial charge in [0.15, 0.2) is 0 Å². The Morgan fingerprint density at radius 2 is 2.40 bits per heavy atom. The van der Waals surface area contributed by atoms with Crippen molar-refractivity contribution in [3.8, 4) is 0 Å². The third-order valence-corrected chi connectivity index (χ3v) is 1.06. The van der Waals surface area contributed by atoms with Crippen LogP contribution in [-0.2, 0) is 11.2 Å². The molecule has 2 N–H and O–H groups in total. The molecule has 0 amide bonds. The third kappa shape index (κ3) is 1.25. The molecule has 5 heteroatoms. The molecule has 0 aliphatic carbocycles. The Hall–Kier alpha value is -1.52. The van der Waals surface area contributed by atoms with Crippen LogP contribution in [0.5, 0.6) is 0 Å². The predicted octanol–water partition coefficient (Wildman–Crippen LogP) is -2.00. The lowest BCUT2D eigenvalue weighted by molar-refractivity contribution is -0.304. The molecule has 0 saturated heterocycles. The van der Waals surface area contributed by atoms with Crippen molar-refractivity contribution in [2.75, 3.05) is 0 Å². The van der Waals surface area contributed by atoms with Crippen LogP contribution in [-0.4, -0.2) is 16.2 Å². The van der Waals surface area contributed by atoms with E-state index >= 15 is 0 Å². The van der Waals surface area contributed by atoms with E-state index in [0.29, 0.717) is 0 Å². The highest BCUT2D eigenvalue weighted by Gasteiger charge is 1.98. The van der Waals surface area contributed by atoms with Crippen molar-refractivity contribution in [3.05, 3.63) is 22.1 Å². The maximum atomic E-state index is 10.6. The molecule has 1 rings (SSSR count). The first-order chi connectivity index (χ1) is 4.70. The van der Waals surface area contributed by atoms with E-state index in [1.54, 1.807) is 0 Å². The number of carbonyl (C=O) groups excluding carboxylic acids is 1. The molecule has 0 spiro atoms. The molecule has 0 aromatic carbocycles. The minimum atomic E-state index is -1.26. The second-order valence-corrected chi connectivity index (χ2v) is 1.82. The Kier molecular flexibility index (Phi) is 1.57. The highest BCUT2D eigenvalue weighted by atomic mass is 16.4. The second kappa shape index (κ2) is 2.38. The molecule has 1 heterocycles. The largest absolute Gasteiger partial charge is 0.550 e. The molecule has 0 bridgehead atoms. The summed E-state index contributed by atoms with van der Waals surface area (Å²) in [5, 5.41) is 14.5. The van der Waals surface area contributed by atoms with Gasteiger partial charge in [0.05, 0.1) is 0 Å². The minimum absolute atomic E-state index is 0.181. The zero-order valence-electron chi connectivity index (χ0n) is 5.01. The van der Waals surface area contributed by atoms with Gasteiger partial charge in [-0.15, -0.1) is 0 Å². The van der Waals surface area contributed by atoms with Crippen LogP contribution in [0.3, 0.4) is 0 Å². The number of hydrogen-bond acceptors (Lipinski definition) is 3. The van der Waals surface area contributed by atoms with E-state index in [-0.39, 0.29) is 12.0 Å². The van der Waals surface area contributed by atoms with Crippen LogP contribution >= 0.6 is 0 Å². The van der Waals surface area contributed by atoms with Crippen molar-refractivity contribution in [1.82, 2.24) is 10.2 Å². The average Bonchev–Trinajstić information content (AvgIpc) is 2.15. The fourth-order valence-electron chi connectivity index (χ4n) is 0.621. The zero-order valence-corrected chi connectivity index (χ0v) is 5.01. The molecule has 0 radical (unpaired) electrons. The standard InChI is InChI=1S/C5H6N2O3/c8-4(9)1-3-2-6-7-5(3)10/h2H,1H2,(H,8,9)(H2,6,7,10)/p-1. The molecule has 0 fully saturated rings. The Balaban J connectivity index is 2.85. The molecular weight excluding hydrogens is 136 g/mol. The van der Waals surface area contributed by atoms with E-state index < -0.39 is 11.5 Å². The number of carboxylic acids is 1. The topological polar surface area (TPSA) is 88.8 Å². The zero-order chi connectivity index (χ0) is 7.56. The minimum Gasteiger partial charge on any atom is -0.550 e. The first-order valence-electron chi connectivity index (χ1n) is 2.65. The van der Waals surface area contributed by atoms with E-state index in [9.17, 15) is 14.7 Å². The SMILES string of the molecule is O=C([O-])Cc1c[nH][nH]c1=O. The van der Waals surface area contributed by atoms with Crippen molar-refractivity contribution in [1.29, 1.82) is 0 Å². The lowest BCUT2D eigenvalue weighted by Crippen LogP contribution is -2.26. The van der Waals surface area contributed by atoms with Gasteiger partial charge in [0.1, 0.15) is 0 Å². The normalized spacial score (nSPS) is 9.60. The summed E-state index contributed by atoms with van der Waals surface area (Å²) in [5.41, 5.74) is -0.232. The smallest absolute Gasteiger partial charge is 0.267 e. The van der Waals surface area contributed by atoms with Crippen LogP contribution in [0.1, 0.15) is 5.56 Å². The summed E-state index contributed by atoms with van der Waals surface area (Å²) in [7, 11) is 0. The summed E-state index contributed by atoms with van der Waals surface area (Å²) in [5.74, 6) is -1.26. The highest BCUT2D eigenvalue weighted by Crippen LogP contribution is 1.85. The van der Waals surface area contributed by atoms with Gasteiger partial charge < -0.3 is 15.0 Å². The molecule has 0 atom stereocenters. The fourth-order valence-corrected chi connectivity index (χ4v) is 0.621. The number of aromatic nitrogens is 2. The van der Waals surface area contributed by atoms with E-state index in [0.717, 1.165) is 0 Å². The fraction of sp³-hybridized carbons (Fsp3) is 0.200. The molecule has 54 valence electrons. The number of hydrogen-bond donors (Lipinski definition) is 2. The molecule has 0 saturated carbocycles. The van der Waals surface area contributed by atoms with E-state index in [1.165, 1.54) is 6.20 Å². The van der Waals surface area contributed by atoms with Gasteiger partial charge in [-0.1, -0.05) is 0 Å². The molecule has 0 aliphatic rings. The van der Waals surface area contributed by atoms with Gasteiger partial charge in [-0.3, -0.25) is 9.89 Å². The van der Waals surface area contributed by atoms with Crippen molar-refractivity contribution in [3.63, 3.8) is 0 Å². The van der Waals surface area contributed by atoms with Crippen LogP contribution in [0.4, 0.5) is 0 Å². The van der Waals surface area contributed by atoms with Crippen molar-refractivity contribution >= 4 is 5.97 Å². The lowest BCUT2D eigenvalue weighted by Gasteiger charge is -1.94. The van der Waals surface area contributed by atoms with Crippen LogP contribution < -0.4 is 10.7 Å². The van der Waals surface area contributed by atoms with Crippen LogP contribution in [0, 0.1) is 0 Å². The Labute approximate surface area is 55.7 Å². The summed E-state index contributed by atoms with van der Waals surface area (Å²) >= 11 is 0. The van der Waals surface area contributed by atoms with Gasteiger partial charge in [0.2, 0.25) is 0 Å². The predicted molar refractivity (Wildman–Crippen MR) is 30.1 cm³/mol. The molecular formula is C5H5N2O3-. The van der Waals surface area contributed by atoms with Crippen molar-refractivity contribution in [2.24, 2.45) is 0 Å². The van der Waals surface area contributed by atoms with Crippen molar-refractivity contribution < 1.29 is 9.90 Å². The quantitative estimate of drug-likeness (QED) is 0.499. The number of carbonyl (C=O) groups is 1. The van der Waals surface area contributed by atoms with Gasteiger partial charge in [0.25, 0.3) is 5.56 Å². The summed E-state index contributed by atoms with van der Waals surface area (Å²) in [6.07, 6.45) is 0.955. The molecule has 1 aromatic heterocycles. The molecule has 10 heavy (non-hydrogen) atoms. The summed E-state index contributed by atoms with van der Waals surface area (Å²) in [4.78, 5) is 20.5. The van der Waals surface area contributed by atoms with E-state index in [2.05, 4.69) is 10.2 Å². The second-order valence-electron chi connectivity index (χ2n) is 1.82. The van der Waals surface area contributed by atoms with Gasteiger partial charge >= 0.3 is 0 Å². The number of aliphatic carboxylic acids is 1. The van der Waals surface area contributed by atoms with Gasteiger partial charge in [-0.05, 0) is 0 Å². The number of aromatic amines is 2. The molecule has 0 unspecified atom stereocenters. The maximum absolute atomic E-state index is 10.6. The van der Waals surface area contributed by atoms with Crippen molar-refractivity contribution in [2.45, 2.75) is 6.42 Å². The maximum Gasteiger partial charge on any atom is 0.267 e. The first kappa shape index (κ1) is 6.60. The number of H-pyrrole nitrogens is 2. The van der Waals surface area contributed by atoms with Crippen LogP contribution in [0.2, 0.25) is 0 Å². The van der Waals surface area contributed by atoms with Crippen LogP contribution in [0.25, 0.3) is 0 Å². The summed E-state index contributed by atoms with van der Waals surface area (Å²) < 4.78 is 0. The van der Waals surface area contributed by atoms with Gasteiger partial charge in [0, 0.05) is 24.2 Å². The third-order valence-electron chi connectivity index (χ3n) is 1.06. The number of nitrogens with one attached hydrogen (secondary N) is 2. The Morgan fingerprint density at radius 1 is 1.70 bits per heavy atom. The Bertz CT molecular complexity index is 285. The Morgan fingerprint density at radius 3 is 2.80 bits per heavy atom. The van der Waals surface area contributed by atoms with E-state index in [4.69, 9.17) is 0 Å². The monoisotopic (exact) mass is 141 g/mol. The van der Waals surface area contributed by atoms with Gasteiger partial charge in [-0.2, -0.15) is 0 Å². The molecule has 0 aliphatic heterocycles. The van der Waals surface area contributed by atoms with E-state index in [1.807, 2.05) is 0 Å². The number of rotatable bonds is 2. The average molecular weight is 141 g/mol. The summed E-state index contributed by atoms with van der Waals surface area (Å²) in [6.45, 7) is 0. The first-order valence-corrected chi connectivity index (χ1v) is 2.65. The lowest BCUT2D eigenvalue weighted by atomic mass is 10.3. The number of carboxylic acid groups (broad SMARTS) is 1.